The largest absolute Gasteiger partial charge is 0.396 e. The molecule has 0 fully saturated rings. The van der Waals surface area contributed by atoms with Crippen molar-refractivity contribution >= 4 is 27.3 Å². The molecule has 0 unspecified atom stereocenters. The minimum Gasteiger partial charge on any atom is -0.396 e. The van der Waals surface area contributed by atoms with Crippen LogP contribution >= 0.6 is 11.3 Å². The summed E-state index contributed by atoms with van der Waals surface area (Å²) in [6.07, 6.45) is 2.93. The van der Waals surface area contributed by atoms with E-state index >= 15 is 0 Å². The summed E-state index contributed by atoms with van der Waals surface area (Å²) < 4.78 is 2.11. The molecular weight excluding hydrogens is 220 g/mol. The van der Waals surface area contributed by atoms with E-state index in [1.165, 1.54) is 5.52 Å². The van der Waals surface area contributed by atoms with Crippen LogP contribution in [0.3, 0.4) is 0 Å². The lowest BCUT2D eigenvalue weighted by Gasteiger charge is -1.86. The zero-order chi connectivity index (χ0) is 11.4. The third kappa shape index (κ3) is 2.08. The van der Waals surface area contributed by atoms with Crippen molar-refractivity contribution in [3.63, 3.8) is 0 Å². The first-order valence-corrected chi connectivity index (χ1v) is 6.16. The topological polar surface area (TPSA) is 37.5 Å². The standard InChI is InChI=1S/C9H6N2S.C3H8O/c1-2-4-8-7(3-1)10-9-11(8)5-6-12-9;1-2-3-4/h1-6H;4H,2-3H2,1H3. The number of thiazole rings is 1. The molecule has 0 bridgehead atoms. The second-order valence-corrected chi connectivity index (χ2v) is 4.25. The molecule has 84 valence electrons. The summed E-state index contributed by atoms with van der Waals surface area (Å²) in [7, 11) is 0. The number of imidazole rings is 1. The maximum absolute atomic E-state index is 7.88. The van der Waals surface area contributed by atoms with Gasteiger partial charge in [0.2, 0.25) is 0 Å². The smallest absolute Gasteiger partial charge is 0.194 e. The van der Waals surface area contributed by atoms with Crippen molar-refractivity contribution in [1.82, 2.24) is 9.38 Å². The van der Waals surface area contributed by atoms with Crippen molar-refractivity contribution in [2.75, 3.05) is 6.61 Å². The number of hydrogen-bond donors (Lipinski definition) is 1. The van der Waals surface area contributed by atoms with Gasteiger partial charge < -0.3 is 5.11 Å². The fraction of sp³-hybridized carbons (Fsp3) is 0.250. The Hall–Kier alpha value is -1.39. The number of fused-ring (bicyclic) bond motifs is 3. The summed E-state index contributed by atoms with van der Waals surface area (Å²) in [5, 5.41) is 9.93. The Kier molecular flexibility index (Phi) is 3.54. The van der Waals surface area contributed by atoms with Crippen LogP contribution < -0.4 is 0 Å². The summed E-state index contributed by atoms with van der Waals surface area (Å²) in [5.41, 5.74) is 2.26. The first-order valence-electron chi connectivity index (χ1n) is 5.28. The Bertz CT molecular complexity index is 567. The van der Waals surface area contributed by atoms with E-state index in [1.54, 1.807) is 11.3 Å². The predicted molar refractivity (Wildman–Crippen MR) is 68.0 cm³/mol. The predicted octanol–water partition coefficient (Wildman–Crippen LogP) is 2.94. The highest BCUT2D eigenvalue weighted by Gasteiger charge is 2.02. The molecule has 0 amide bonds. The highest BCUT2D eigenvalue weighted by atomic mass is 32.1. The minimum atomic E-state index is 0.319. The van der Waals surface area contributed by atoms with Gasteiger partial charge in [0.05, 0.1) is 11.0 Å². The van der Waals surface area contributed by atoms with Gasteiger partial charge in [-0.25, -0.2) is 4.98 Å². The molecule has 0 aliphatic rings. The first-order chi connectivity index (χ1) is 7.86. The van der Waals surface area contributed by atoms with E-state index in [0.717, 1.165) is 16.9 Å². The van der Waals surface area contributed by atoms with E-state index in [-0.39, 0.29) is 0 Å². The van der Waals surface area contributed by atoms with Crippen LogP contribution in [0.1, 0.15) is 13.3 Å². The molecule has 2 aromatic heterocycles. The molecule has 3 nitrogen and oxygen atoms in total. The average molecular weight is 234 g/mol. The van der Waals surface area contributed by atoms with Crippen LogP contribution in [0.2, 0.25) is 0 Å². The number of aliphatic hydroxyl groups excluding tert-OH is 1. The molecule has 2 heterocycles. The van der Waals surface area contributed by atoms with Crippen LogP contribution in [0.5, 0.6) is 0 Å². The number of nitrogens with zero attached hydrogens (tertiary/aromatic N) is 2. The monoisotopic (exact) mass is 234 g/mol. The molecular formula is C12H14N2OS. The molecule has 0 aliphatic heterocycles. The van der Waals surface area contributed by atoms with Crippen molar-refractivity contribution in [3.8, 4) is 0 Å². The van der Waals surface area contributed by atoms with Gasteiger partial charge in [0.1, 0.15) is 0 Å². The van der Waals surface area contributed by atoms with Gasteiger partial charge in [-0.2, -0.15) is 0 Å². The summed E-state index contributed by atoms with van der Waals surface area (Å²) in [6, 6.07) is 8.17. The molecule has 0 spiro atoms. The highest BCUT2D eigenvalue weighted by Crippen LogP contribution is 2.19. The van der Waals surface area contributed by atoms with Crippen LogP contribution in [0.4, 0.5) is 0 Å². The van der Waals surface area contributed by atoms with Gasteiger partial charge in [-0.3, -0.25) is 4.40 Å². The summed E-state index contributed by atoms with van der Waals surface area (Å²) in [5.74, 6) is 0. The summed E-state index contributed by atoms with van der Waals surface area (Å²) in [4.78, 5) is 5.52. The molecule has 16 heavy (non-hydrogen) atoms. The molecule has 3 rings (SSSR count). The molecule has 3 aromatic rings. The lowest BCUT2D eigenvalue weighted by atomic mass is 10.3. The zero-order valence-corrected chi connectivity index (χ0v) is 9.94. The number of hydrogen-bond acceptors (Lipinski definition) is 3. The molecule has 0 aliphatic carbocycles. The quantitative estimate of drug-likeness (QED) is 0.703. The van der Waals surface area contributed by atoms with Gasteiger partial charge in [0.15, 0.2) is 4.96 Å². The van der Waals surface area contributed by atoms with Crippen molar-refractivity contribution in [1.29, 1.82) is 0 Å². The molecule has 0 saturated carbocycles. The van der Waals surface area contributed by atoms with E-state index in [0.29, 0.717) is 6.61 Å². The number of para-hydroxylation sites is 2. The van der Waals surface area contributed by atoms with E-state index in [4.69, 9.17) is 5.11 Å². The van der Waals surface area contributed by atoms with Gasteiger partial charge in [0, 0.05) is 18.2 Å². The van der Waals surface area contributed by atoms with E-state index < -0.39 is 0 Å². The zero-order valence-electron chi connectivity index (χ0n) is 9.13. The Morgan fingerprint density at radius 1 is 1.38 bits per heavy atom. The Morgan fingerprint density at radius 3 is 2.88 bits per heavy atom. The lowest BCUT2D eigenvalue weighted by molar-refractivity contribution is 0.295. The van der Waals surface area contributed by atoms with Crippen molar-refractivity contribution in [2.45, 2.75) is 13.3 Å². The van der Waals surface area contributed by atoms with Crippen molar-refractivity contribution in [3.05, 3.63) is 35.8 Å². The Morgan fingerprint density at radius 2 is 2.12 bits per heavy atom. The summed E-state index contributed by atoms with van der Waals surface area (Å²) in [6.45, 7) is 2.25. The maximum atomic E-state index is 7.88. The third-order valence-electron chi connectivity index (χ3n) is 2.17. The fourth-order valence-corrected chi connectivity index (χ4v) is 2.13. The molecule has 1 N–H and O–H groups in total. The van der Waals surface area contributed by atoms with Gasteiger partial charge in [-0.15, -0.1) is 11.3 Å². The number of aliphatic hydroxyl groups is 1. The number of aromatic nitrogens is 2. The van der Waals surface area contributed by atoms with Crippen LogP contribution in [0.15, 0.2) is 35.8 Å². The van der Waals surface area contributed by atoms with E-state index in [2.05, 4.69) is 27.0 Å². The van der Waals surface area contributed by atoms with Crippen LogP contribution in [-0.2, 0) is 0 Å². The van der Waals surface area contributed by atoms with Crippen LogP contribution in [-0.4, -0.2) is 21.1 Å². The Labute approximate surface area is 98.0 Å². The van der Waals surface area contributed by atoms with Crippen LogP contribution in [0, 0.1) is 0 Å². The van der Waals surface area contributed by atoms with Crippen molar-refractivity contribution in [2.24, 2.45) is 0 Å². The minimum absolute atomic E-state index is 0.319. The second kappa shape index (κ2) is 5.09. The third-order valence-corrected chi connectivity index (χ3v) is 2.93. The van der Waals surface area contributed by atoms with Crippen molar-refractivity contribution < 1.29 is 5.11 Å². The van der Waals surface area contributed by atoms with E-state index in [1.807, 2.05) is 25.1 Å². The highest BCUT2D eigenvalue weighted by molar-refractivity contribution is 7.15. The molecule has 0 saturated heterocycles. The number of rotatable bonds is 1. The molecule has 0 atom stereocenters. The molecule has 0 radical (unpaired) electrons. The molecule has 1 aromatic carbocycles. The normalized spacial score (nSPS) is 10.4. The molecule has 4 heteroatoms. The maximum Gasteiger partial charge on any atom is 0.194 e. The average Bonchev–Trinajstić information content (AvgIpc) is 2.89. The van der Waals surface area contributed by atoms with Gasteiger partial charge in [-0.05, 0) is 18.6 Å². The van der Waals surface area contributed by atoms with Gasteiger partial charge in [-0.1, -0.05) is 19.1 Å². The Balaban J connectivity index is 0.000000212. The van der Waals surface area contributed by atoms with Gasteiger partial charge >= 0.3 is 0 Å². The fourth-order valence-electron chi connectivity index (χ4n) is 1.40. The van der Waals surface area contributed by atoms with E-state index in [9.17, 15) is 0 Å². The lowest BCUT2D eigenvalue weighted by Crippen LogP contribution is -1.73. The SMILES string of the molecule is CCCO.c1ccc2c(c1)nc1sccn12. The first kappa shape index (κ1) is 11.1. The number of benzene rings is 1. The summed E-state index contributed by atoms with van der Waals surface area (Å²) >= 11 is 1.66. The van der Waals surface area contributed by atoms with Gasteiger partial charge in [0.25, 0.3) is 0 Å². The van der Waals surface area contributed by atoms with Crippen LogP contribution in [0.25, 0.3) is 16.0 Å². The second-order valence-electron chi connectivity index (χ2n) is 3.38.